The molecule has 0 atom stereocenters. The van der Waals surface area contributed by atoms with Gasteiger partial charge in [-0.2, -0.15) is 0 Å². The molecule has 106 valence electrons. The first-order chi connectivity index (χ1) is 9.63. The molecule has 0 bridgehead atoms. The molecule has 0 spiro atoms. The summed E-state index contributed by atoms with van der Waals surface area (Å²) in [5, 5.41) is 0. The van der Waals surface area contributed by atoms with Crippen LogP contribution in [0.25, 0.3) is 0 Å². The van der Waals surface area contributed by atoms with E-state index in [4.69, 9.17) is 0 Å². The van der Waals surface area contributed by atoms with E-state index in [1.807, 2.05) is 0 Å². The van der Waals surface area contributed by atoms with Gasteiger partial charge in [0.15, 0.2) is 0 Å². The second-order valence-electron chi connectivity index (χ2n) is 5.13. The predicted octanol–water partition coefficient (Wildman–Crippen LogP) is 5.93. The highest BCUT2D eigenvalue weighted by atomic mass is 14.0. The Morgan fingerprint density at radius 2 is 0.850 bits per heavy atom. The van der Waals surface area contributed by atoms with E-state index < -0.39 is 0 Å². The van der Waals surface area contributed by atoms with Crippen LogP contribution in [0.15, 0.2) is 60.7 Å². The number of rotatable bonds is 0. The zero-order chi connectivity index (χ0) is 14.8. The highest BCUT2D eigenvalue weighted by Gasteiger charge is 1.97. The molecule has 0 radical (unpaired) electrons. The molecule has 0 aliphatic heterocycles. The molecule has 0 fully saturated rings. The molecule has 3 rings (SSSR count). The van der Waals surface area contributed by atoms with Crippen LogP contribution in [0.2, 0.25) is 0 Å². The van der Waals surface area contributed by atoms with Crippen LogP contribution in [-0.4, -0.2) is 0 Å². The Bertz CT molecular complexity index is 456. The lowest BCUT2D eigenvalue weighted by molar-refractivity contribution is 1.22. The molecular formula is C20H26. The summed E-state index contributed by atoms with van der Waals surface area (Å²) in [6.07, 6.45) is 19.0. The normalized spacial score (nSPS) is 13.8. The molecule has 0 amide bonds. The van der Waals surface area contributed by atoms with Gasteiger partial charge in [-0.3, -0.25) is 0 Å². The summed E-state index contributed by atoms with van der Waals surface area (Å²) in [5.41, 5.74) is 5.64. The zero-order valence-electron chi connectivity index (χ0n) is 13.2. The van der Waals surface area contributed by atoms with E-state index in [0.29, 0.717) is 0 Å². The van der Waals surface area contributed by atoms with E-state index >= 15 is 0 Å². The van der Waals surface area contributed by atoms with Gasteiger partial charge in [0.2, 0.25) is 0 Å². The molecular weight excluding hydrogens is 240 g/mol. The molecule has 20 heavy (non-hydrogen) atoms. The van der Waals surface area contributed by atoms with Crippen molar-refractivity contribution < 1.29 is 0 Å². The molecule has 0 heteroatoms. The maximum Gasteiger partial charge on any atom is -0.0163 e. The smallest absolute Gasteiger partial charge is 0.0163 e. The second-order valence-corrected chi connectivity index (χ2v) is 5.13. The Labute approximate surface area is 124 Å². The summed E-state index contributed by atoms with van der Waals surface area (Å²) in [6, 6.07) is 4.36. The van der Waals surface area contributed by atoms with Crippen LogP contribution in [0, 0.1) is 27.7 Å². The lowest BCUT2D eigenvalue weighted by Crippen LogP contribution is -1.88. The summed E-state index contributed by atoms with van der Waals surface area (Å²) >= 11 is 0. The van der Waals surface area contributed by atoms with E-state index in [9.17, 15) is 0 Å². The van der Waals surface area contributed by atoms with E-state index in [0.717, 1.165) is 12.8 Å². The molecule has 0 saturated heterocycles. The molecule has 2 aliphatic carbocycles. The summed E-state index contributed by atoms with van der Waals surface area (Å²) < 4.78 is 0. The molecule has 1 aromatic carbocycles. The average molecular weight is 266 g/mol. The van der Waals surface area contributed by atoms with Gasteiger partial charge < -0.3 is 0 Å². The van der Waals surface area contributed by atoms with Gasteiger partial charge in [0.25, 0.3) is 0 Å². The summed E-state index contributed by atoms with van der Waals surface area (Å²) in [6.45, 7) is 8.67. The van der Waals surface area contributed by atoms with Crippen LogP contribution in [0.4, 0.5) is 0 Å². The number of aryl methyl sites for hydroxylation is 2. The molecule has 0 nitrogen and oxygen atoms in total. The van der Waals surface area contributed by atoms with Crippen LogP contribution < -0.4 is 0 Å². The van der Waals surface area contributed by atoms with E-state index in [1.54, 1.807) is 0 Å². The first kappa shape index (κ1) is 16.2. The third-order valence-electron chi connectivity index (χ3n) is 3.64. The number of allylic oxidation sites excluding steroid dienone is 8. The number of benzene rings is 1. The topological polar surface area (TPSA) is 0 Å². The highest BCUT2D eigenvalue weighted by molar-refractivity contribution is 5.37. The fourth-order valence-electron chi connectivity index (χ4n) is 1.88. The van der Waals surface area contributed by atoms with Gasteiger partial charge in [0.05, 0.1) is 0 Å². The Morgan fingerprint density at radius 3 is 1.05 bits per heavy atom. The molecule has 0 saturated carbocycles. The largest absolute Gasteiger partial charge is 0.0808 e. The SMILES string of the molecule is C1=CCC=C1.C1=CCC=C1.Cc1ccc(C)c(C)c1C. The highest BCUT2D eigenvalue weighted by Crippen LogP contribution is 2.15. The van der Waals surface area contributed by atoms with Gasteiger partial charge in [-0.15, -0.1) is 0 Å². The predicted molar refractivity (Wildman–Crippen MR) is 91.2 cm³/mol. The van der Waals surface area contributed by atoms with Gasteiger partial charge in [0, 0.05) is 0 Å². The van der Waals surface area contributed by atoms with E-state index in [-0.39, 0.29) is 0 Å². The van der Waals surface area contributed by atoms with Crippen molar-refractivity contribution in [1.29, 1.82) is 0 Å². The van der Waals surface area contributed by atoms with Crippen LogP contribution in [-0.2, 0) is 0 Å². The summed E-state index contributed by atoms with van der Waals surface area (Å²) in [5.74, 6) is 0. The number of hydrogen-bond donors (Lipinski definition) is 0. The van der Waals surface area contributed by atoms with Crippen molar-refractivity contribution in [3.05, 3.63) is 83.0 Å². The van der Waals surface area contributed by atoms with Crippen LogP contribution in [0.1, 0.15) is 35.1 Å². The second kappa shape index (κ2) is 9.14. The monoisotopic (exact) mass is 266 g/mol. The standard InChI is InChI=1S/C10H14.2C5H6/c1-7-5-6-8(2)10(4)9(7)3;2*1-2-4-5-3-1/h5-6H,1-4H3;2*1-4H,5H2. The van der Waals surface area contributed by atoms with Crippen molar-refractivity contribution in [2.75, 3.05) is 0 Å². The lowest BCUT2D eigenvalue weighted by atomic mass is 10.0. The zero-order valence-corrected chi connectivity index (χ0v) is 13.2. The van der Waals surface area contributed by atoms with Crippen LogP contribution in [0.3, 0.4) is 0 Å². The maximum absolute atomic E-state index is 2.18. The first-order valence-electron chi connectivity index (χ1n) is 7.29. The van der Waals surface area contributed by atoms with Gasteiger partial charge in [0.1, 0.15) is 0 Å². The van der Waals surface area contributed by atoms with Crippen LogP contribution >= 0.6 is 0 Å². The van der Waals surface area contributed by atoms with Crippen molar-refractivity contribution in [2.45, 2.75) is 40.5 Å². The van der Waals surface area contributed by atoms with E-state index in [2.05, 4.69) is 88.4 Å². The molecule has 0 unspecified atom stereocenters. The first-order valence-corrected chi connectivity index (χ1v) is 7.29. The molecule has 0 heterocycles. The fourth-order valence-corrected chi connectivity index (χ4v) is 1.88. The Morgan fingerprint density at radius 1 is 0.550 bits per heavy atom. The van der Waals surface area contributed by atoms with Gasteiger partial charge >= 0.3 is 0 Å². The minimum atomic E-state index is 1.14. The lowest BCUT2D eigenvalue weighted by Gasteiger charge is -2.06. The van der Waals surface area contributed by atoms with E-state index in [1.165, 1.54) is 22.3 Å². The molecule has 0 N–H and O–H groups in total. The Kier molecular flexibility index (Phi) is 7.42. The van der Waals surface area contributed by atoms with Gasteiger partial charge in [-0.25, -0.2) is 0 Å². The van der Waals surface area contributed by atoms with Gasteiger partial charge in [-0.1, -0.05) is 60.7 Å². The average Bonchev–Trinajstić information content (AvgIpc) is 3.18. The van der Waals surface area contributed by atoms with Crippen molar-refractivity contribution in [3.8, 4) is 0 Å². The number of hydrogen-bond acceptors (Lipinski definition) is 0. The third-order valence-corrected chi connectivity index (χ3v) is 3.64. The Hall–Kier alpha value is -1.82. The third kappa shape index (κ3) is 5.88. The fraction of sp³-hybridized carbons (Fsp3) is 0.300. The Balaban J connectivity index is 0.000000167. The van der Waals surface area contributed by atoms with Crippen molar-refractivity contribution in [2.24, 2.45) is 0 Å². The summed E-state index contributed by atoms with van der Waals surface area (Å²) in [7, 11) is 0. The quantitative estimate of drug-likeness (QED) is 0.546. The minimum absolute atomic E-state index is 1.14. The van der Waals surface area contributed by atoms with Crippen molar-refractivity contribution >= 4 is 0 Å². The minimum Gasteiger partial charge on any atom is -0.0808 e. The van der Waals surface area contributed by atoms with Crippen molar-refractivity contribution in [1.82, 2.24) is 0 Å². The van der Waals surface area contributed by atoms with Crippen molar-refractivity contribution in [3.63, 3.8) is 0 Å². The molecule has 0 aromatic heterocycles. The molecule has 2 aliphatic rings. The van der Waals surface area contributed by atoms with Crippen LogP contribution in [0.5, 0.6) is 0 Å². The maximum atomic E-state index is 2.18. The molecule has 1 aromatic rings. The van der Waals surface area contributed by atoms with Gasteiger partial charge in [-0.05, 0) is 62.8 Å². The summed E-state index contributed by atoms with van der Waals surface area (Å²) in [4.78, 5) is 0.